The molecule has 0 amide bonds. The Morgan fingerprint density at radius 3 is 3.00 bits per heavy atom. The second-order valence-electron chi connectivity index (χ2n) is 1.99. The molecule has 0 unspecified atom stereocenters. The maximum atomic E-state index is 5.67. The van der Waals surface area contributed by atoms with Gasteiger partial charge in [0.15, 0.2) is 4.34 Å². The number of aromatic nitrogens is 4. The molecule has 0 atom stereocenters. The molecule has 0 aliphatic rings. The summed E-state index contributed by atoms with van der Waals surface area (Å²) < 4.78 is 0.830. The zero-order valence-electron chi connectivity index (χ0n) is 6.22. The molecule has 0 saturated heterocycles. The molecule has 4 nitrogen and oxygen atoms in total. The monoisotopic (exact) mass is 230 g/mol. The van der Waals surface area contributed by atoms with Crippen molar-refractivity contribution >= 4 is 34.7 Å². The Kier molecular flexibility index (Phi) is 2.72. The highest BCUT2D eigenvalue weighted by molar-refractivity contribution is 8.00. The number of rotatable bonds is 2. The van der Waals surface area contributed by atoms with Crippen molar-refractivity contribution in [3.05, 3.63) is 23.1 Å². The van der Waals surface area contributed by atoms with E-state index >= 15 is 0 Å². The quantitative estimate of drug-likeness (QED) is 0.791. The Balaban J connectivity index is 2.19. The van der Waals surface area contributed by atoms with Gasteiger partial charge >= 0.3 is 0 Å². The summed E-state index contributed by atoms with van der Waals surface area (Å²) >= 11 is 8.51. The Labute approximate surface area is 87.4 Å². The molecule has 2 heterocycles. The molecule has 2 aromatic heterocycles. The Hall–Kier alpha value is -0.720. The van der Waals surface area contributed by atoms with Crippen LogP contribution in [0.3, 0.4) is 0 Å². The molecule has 66 valence electrons. The number of nitrogens with zero attached hydrogens (tertiary/aromatic N) is 4. The summed E-state index contributed by atoms with van der Waals surface area (Å²) in [5.74, 6) is 0. The van der Waals surface area contributed by atoms with Crippen molar-refractivity contribution in [1.29, 1.82) is 0 Å². The predicted octanol–water partition coefficient (Wildman–Crippen LogP) is 2.13. The van der Waals surface area contributed by atoms with E-state index in [-0.39, 0.29) is 0 Å². The summed E-state index contributed by atoms with van der Waals surface area (Å²) in [5.41, 5.74) is 1.67. The van der Waals surface area contributed by atoms with E-state index < -0.39 is 0 Å². The van der Waals surface area contributed by atoms with Crippen LogP contribution in [0, 0.1) is 0 Å². The average Bonchev–Trinajstić information content (AvgIpc) is 2.57. The van der Waals surface area contributed by atoms with Crippen molar-refractivity contribution in [2.75, 3.05) is 0 Å². The molecule has 0 saturated carbocycles. The summed E-state index contributed by atoms with van der Waals surface area (Å²) in [4.78, 5) is 7.96. The molecule has 2 aromatic rings. The van der Waals surface area contributed by atoms with Crippen molar-refractivity contribution in [3.63, 3.8) is 0 Å². The van der Waals surface area contributed by atoms with Crippen LogP contribution in [0.5, 0.6) is 0 Å². The summed E-state index contributed by atoms with van der Waals surface area (Å²) in [6.07, 6.45) is 3.13. The minimum absolute atomic E-state index is 0.384. The molecular weight excluding hydrogens is 228 g/mol. The van der Waals surface area contributed by atoms with Crippen LogP contribution >= 0.6 is 34.7 Å². The highest BCUT2D eigenvalue weighted by Crippen LogP contribution is 2.26. The molecule has 0 bridgehead atoms. The predicted molar refractivity (Wildman–Crippen MR) is 51.1 cm³/mol. The lowest BCUT2D eigenvalue weighted by Gasteiger charge is -1.94. The van der Waals surface area contributed by atoms with Crippen molar-refractivity contribution in [2.24, 2.45) is 0 Å². The third-order valence-electron chi connectivity index (χ3n) is 1.11. The third-order valence-corrected chi connectivity index (χ3v) is 2.98. The van der Waals surface area contributed by atoms with Crippen molar-refractivity contribution in [3.8, 4) is 0 Å². The lowest BCUT2D eigenvalue weighted by atomic mass is 10.8. The van der Waals surface area contributed by atoms with Gasteiger partial charge in [-0.05, 0) is 11.8 Å². The molecule has 0 aromatic carbocycles. The number of hydrogen-bond donors (Lipinski definition) is 0. The van der Waals surface area contributed by atoms with E-state index in [2.05, 4.69) is 20.2 Å². The molecule has 0 fully saturated rings. The second-order valence-corrected chi connectivity index (χ2v) is 4.47. The van der Waals surface area contributed by atoms with E-state index in [0.29, 0.717) is 5.15 Å². The van der Waals surface area contributed by atoms with E-state index in [4.69, 9.17) is 11.6 Å². The lowest BCUT2D eigenvalue weighted by molar-refractivity contribution is 0.999. The molecule has 2 rings (SSSR count). The molecule has 0 aliphatic heterocycles. The van der Waals surface area contributed by atoms with Gasteiger partial charge in [-0.15, -0.1) is 10.2 Å². The molecule has 0 spiro atoms. The van der Waals surface area contributed by atoms with Gasteiger partial charge in [0.2, 0.25) is 0 Å². The van der Waals surface area contributed by atoms with Crippen LogP contribution in [0.4, 0.5) is 0 Å². The zero-order valence-corrected chi connectivity index (χ0v) is 8.60. The van der Waals surface area contributed by atoms with Crippen molar-refractivity contribution < 1.29 is 0 Å². The smallest absolute Gasteiger partial charge is 0.180 e. The van der Waals surface area contributed by atoms with Gasteiger partial charge in [-0.1, -0.05) is 22.9 Å². The van der Waals surface area contributed by atoms with Crippen LogP contribution in [0.2, 0.25) is 5.15 Å². The number of halogens is 1. The summed E-state index contributed by atoms with van der Waals surface area (Å²) in [6.45, 7) is 0. The van der Waals surface area contributed by atoms with Crippen LogP contribution in [-0.2, 0) is 0 Å². The molecule has 7 heteroatoms. The SMILES string of the molecule is Clc1cncc(Sc2nncs2)n1. The van der Waals surface area contributed by atoms with Gasteiger partial charge in [0, 0.05) is 0 Å². The van der Waals surface area contributed by atoms with Crippen LogP contribution in [0.1, 0.15) is 0 Å². The molecule has 13 heavy (non-hydrogen) atoms. The Morgan fingerprint density at radius 1 is 1.38 bits per heavy atom. The van der Waals surface area contributed by atoms with E-state index in [1.54, 1.807) is 11.7 Å². The largest absolute Gasteiger partial charge is 0.259 e. The maximum Gasteiger partial charge on any atom is 0.180 e. The first-order valence-electron chi connectivity index (χ1n) is 3.26. The summed E-state index contributed by atoms with van der Waals surface area (Å²) in [5, 5.41) is 8.68. The van der Waals surface area contributed by atoms with Crippen molar-refractivity contribution in [1.82, 2.24) is 20.2 Å². The van der Waals surface area contributed by atoms with E-state index in [1.807, 2.05) is 0 Å². The van der Waals surface area contributed by atoms with Gasteiger partial charge < -0.3 is 0 Å². The van der Waals surface area contributed by atoms with Gasteiger partial charge in [0.25, 0.3) is 0 Å². The highest BCUT2D eigenvalue weighted by Gasteiger charge is 2.02. The Bertz CT molecular complexity index is 391. The normalized spacial score (nSPS) is 10.2. The Morgan fingerprint density at radius 2 is 2.31 bits per heavy atom. The van der Waals surface area contributed by atoms with Gasteiger partial charge in [-0.25, -0.2) is 4.98 Å². The maximum absolute atomic E-state index is 5.67. The van der Waals surface area contributed by atoms with Crippen LogP contribution in [0.15, 0.2) is 27.3 Å². The molecular formula is C6H3ClN4S2. The minimum Gasteiger partial charge on any atom is -0.259 e. The topological polar surface area (TPSA) is 51.6 Å². The molecule has 0 radical (unpaired) electrons. The molecule has 0 N–H and O–H groups in total. The first-order valence-corrected chi connectivity index (χ1v) is 5.33. The van der Waals surface area contributed by atoms with E-state index in [0.717, 1.165) is 9.37 Å². The summed E-state index contributed by atoms with van der Waals surface area (Å²) in [7, 11) is 0. The first-order chi connectivity index (χ1) is 6.34. The standard InChI is InChI=1S/C6H3ClN4S2/c7-4-1-8-2-5(10-4)13-6-11-9-3-12-6/h1-3H. The highest BCUT2D eigenvalue weighted by atomic mass is 35.5. The third kappa shape index (κ3) is 2.36. The number of hydrogen-bond acceptors (Lipinski definition) is 6. The second kappa shape index (κ2) is 3.99. The fourth-order valence-electron chi connectivity index (χ4n) is 0.672. The van der Waals surface area contributed by atoms with Gasteiger partial charge in [0.05, 0.1) is 12.4 Å². The fourth-order valence-corrected chi connectivity index (χ4v) is 2.25. The summed E-state index contributed by atoms with van der Waals surface area (Å²) in [6, 6.07) is 0. The van der Waals surface area contributed by atoms with E-state index in [9.17, 15) is 0 Å². The lowest BCUT2D eigenvalue weighted by Crippen LogP contribution is -1.82. The van der Waals surface area contributed by atoms with Gasteiger partial charge in [-0.2, -0.15) is 0 Å². The van der Waals surface area contributed by atoms with E-state index in [1.165, 1.54) is 29.3 Å². The van der Waals surface area contributed by atoms with Crippen LogP contribution < -0.4 is 0 Å². The van der Waals surface area contributed by atoms with Crippen LogP contribution in [0.25, 0.3) is 0 Å². The fraction of sp³-hybridized carbons (Fsp3) is 0. The average molecular weight is 231 g/mol. The first kappa shape index (κ1) is 8.86. The minimum atomic E-state index is 0.384. The molecule has 0 aliphatic carbocycles. The van der Waals surface area contributed by atoms with Gasteiger partial charge in [0.1, 0.15) is 15.7 Å². The van der Waals surface area contributed by atoms with Crippen LogP contribution in [-0.4, -0.2) is 20.2 Å². The zero-order chi connectivity index (χ0) is 9.10. The van der Waals surface area contributed by atoms with Crippen molar-refractivity contribution in [2.45, 2.75) is 9.37 Å². The van der Waals surface area contributed by atoms with Gasteiger partial charge in [-0.3, -0.25) is 4.98 Å².